The van der Waals surface area contributed by atoms with Crippen LogP contribution in [0.5, 0.6) is 0 Å². The highest BCUT2D eigenvalue weighted by Gasteiger charge is 2.51. The van der Waals surface area contributed by atoms with Crippen molar-refractivity contribution in [2.75, 3.05) is 9.71 Å². The lowest BCUT2D eigenvalue weighted by atomic mass is 9.42. The van der Waals surface area contributed by atoms with Crippen molar-refractivity contribution in [1.29, 1.82) is 0 Å². The van der Waals surface area contributed by atoms with E-state index < -0.39 is 0 Å². The molecule has 3 nitrogen and oxygen atoms in total. The molecule has 72 heavy (non-hydrogen) atoms. The zero-order valence-corrected chi connectivity index (χ0v) is 44.1. The lowest BCUT2D eigenvalue weighted by Gasteiger charge is -2.48. The van der Waals surface area contributed by atoms with Crippen LogP contribution in [0.1, 0.15) is 134 Å². The second kappa shape index (κ2) is 14.5. The third-order valence-corrected chi connectivity index (χ3v) is 18.9. The molecule has 0 saturated heterocycles. The maximum absolute atomic E-state index is 6.92. The second-order valence-electron chi connectivity index (χ2n) is 25.4. The van der Waals surface area contributed by atoms with Gasteiger partial charge in [0.15, 0.2) is 0 Å². The van der Waals surface area contributed by atoms with Gasteiger partial charge in [-0.3, -0.25) is 0 Å². The van der Waals surface area contributed by atoms with E-state index in [1.165, 1.54) is 125 Å². The summed E-state index contributed by atoms with van der Waals surface area (Å²) in [5.41, 5.74) is 28.4. The van der Waals surface area contributed by atoms with E-state index in [0.29, 0.717) is 0 Å². The minimum Gasteiger partial charge on any atom is -0.456 e. The summed E-state index contributed by atoms with van der Waals surface area (Å²) in [5.74, 6) is 0. The first kappa shape index (κ1) is 44.0. The molecule has 0 N–H and O–H groups in total. The molecule has 0 spiro atoms. The molecule has 0 amide bonds. The highest BCUT2D eigenvalue weighted by molar-refractivity contribution is 6.93. The molecule has 8 aromatic carbocycles. The molecule has 14 rings (SSSR count). The van der Waals surface area contributed by atoms with E-state index in [0.717, 1.165) is 34.8 Å². The molecule has 5 aliphatic rings. The van der Waals surface area contributed by atoms with Crippen molar-refractivity contribution in [1.82, 2.24) is 0 Å². The molecule has 0 fully saturated rings. The predicted molar refractivity (Wildman–Crippen MR) is 306 cm³/mol. The minimum atomic E-state index is -0.279. The van der Waals surface area contributed by atoms with E-state index in [9.17, 15) is 0 Å². The normalized spacial score (nSPS) is 18.7. The van der Waals surface area contributed by atoms with E-state index >= 15 is 0 Å². The van der Waals surface area contributed by atoms with Crippen molar-refractivity contribution in [3.05, 3.63) is 185 Å². The van der Waals surface area contributed by atoms with Gasteiger partial charge in [0.25, 0.3) is 0 Å². The zero-order valence-electron chi connectivity index (χ0n) is 44.1. The summed E-state index contributed by atoms with van der Waals surface area (Å²) in [6, 6.07) is 56.5. The van der Waals surface area contributed by atoms with Gasteiger partial charge in [0.05, 0.1) is 0 Å². The van der Waals surface area contributed by atoms with Crippen LogP contribution in [0.2, 0.25) is 0 Å². The van der Waals surface area contributed by atoms with E-state index in [4.69, 9.17) is 4.42 Å². The van der Waals surface area contributed by atoms with Crippen LogP contribution >= 0.6 is 0 Å². The van der Waals surface area contributed by atoms with E-state index in [-0.39, 0.29) is 33.9 Å². The van der Waals surface area contributed by atoms with Crippen molar-refractivity contribution in [3.63, 3.8) is 0 Å². The second-order valence-corrected chi connectivity index (χ2v) is 25.4. The molecule has 9 aromatic rings. The van der Waals surface area contributed by atoms with Gasteiger partial charge in [-0.25, -0.2) is 0 Å². The lowest BCUT2D eigenvalue weighted by molar-refractivity contribution is 0.332. The Labute approximate surface area is 427 Å². The van der Waals surface area contributed by atoms with Gasteiger partial charge in [-0.15, -0.1) is 0 Å². The minimum absolute atomic E-state index is 0.0257. The highest BCUT2D eigenvalue weighted by Crippen LogP contribution is 2.60. The first-order valence-electron chi connectivity index (χ1n) is 26.7. The maximum Gasteiger partial charge on any atom is 0.333 e. The summed E-state index contributed by atoms with van der Waals surface area (Å²) in [6.07, 6.45) is 4.67. The van der Waals surface area contributed by atoms with Crippen LogP contribution in [0.4, 0.5) is 28.4 Å². The van der Waals surface area contributed by atoms with Gasteiger partial charge in [0.2, 0.25) is 0 Å². The quantitative estimate of drug-likeness (QED) is 0.165. The van der Waals surface area contributed by atoms with E-state index in [1.807, 2.05) is 0 Å². The summed E-state index contributed by atoms with van der Waals surface area (Å²) in [4.78, 5) is 5.46. The van der Waals surface area contributed by atoms with Crippen LogP contribution in [0.15, 0.2) is 150 Å². The molecule has 3 heterocycles. The average molecular weight is 937 g/mol. The van der Waals surface area contributed by atoms with Crippen LogP contribution < -0.4 is 20.6 Å². The molecule has 356 valence electrons. The standard InChI is InChI=1S/C68H65BN2O/c1-40-33-51-53(67(8,9)32-31-65(51,4)5)39-56(40)70-55-28-25-42(41-19-13-12-14-20-41)34-54(55)69-63-58(70)37-47-44-21-15-17-23-49(44)68(10,11)62(47)61(63)48-38-60-46(45-22-16-18-24-59(45)72-60)36-57(48)71(69)43-26-27-50-52(35-43)66(6,7)30-29-64(50,2)3/h12-28,33-39H,29-32H2,1-11H3. The molecule has 2 aliphatic heterocycles. The number of benzene rings is 8. The van der Waals surface area contributed by atoms with Crippen LogP contribution in [0.25, 0.3) is 55.3 Å². The molecular weight excluding hydrogens is 872 g/mol. The van der Waals surface area contributed by atoms with E-state index in [2.05, 4.69) is 231 Å². The van der Waals surface area contributed by atoms with Crippen LogP contribution in [-0.4, -0.2) is 6.85 Å². The third kappa shape index (κ3) is 5.93. The Hall–Kier alpha value is -6.78. The molecule has 1 aromatic heterocycles. The predicted octanol–water partition coefficient (Wildman–Crippen LogP) is 17.3. The molecule has 0 unspecified atom stereocenters. The first-order valence-corrected chi connectivity index (χ1v) is 26.7. The Morgan fingerprint density at radius 2 is 1.10 bits per heavy atom. The number of hydrogen-bond acceptors (Lipinski definition) is 3. The number of anilines is 5. The van der Waals surface area contributed by atoms with Crippen molar-refractivity contribution >= 4 is 68.1 Å². The van der Waals surface area contributed by atoms with Gasteiger partial charge in [0.1, 0.15) is 11.2 Å². The van der Waals surface area contributed by atoms with Gasteiger partial charge in [-0.05, 0) is 180 Å². The van der Waals surface area contributed by atoms with Crippen molar-refractivity contribution in [3.8, 4) is 33.4 Å². The Morgan fingerprint density at radius 1 is 0.444 bits per heavy atom. The van der Waals surface area contributed by atoms with Crippen LogP contribution in [0, 0.1) is 6.92 Å². The van der Waals surface area contributed by atoms with Gasteiger partial charge in [0, 0.05) is 50.2 Å². The molecular formula is C68H65BN2O. The fourth-order valence-corrected chi connectivity index (χ4v) is 14.5. The summed E-state index contributed by atoms with van der Waals surface area (Å²) >= 11 is 0. The fourth-order valence-electron chi connectivity index (χ4n) is 14.5. The van der Waals surface area contributed by atoms with Gasteiger partial charge >= 0.3 is 6.85 Å². The van der Waals surface area contributed by atoms with Crippen molar-refractivity contribution in [2.45, 2.75) is 129 Å². The lowest BCUT2D eigenvalue weighted by Crippen LogP contribution is -2.62. The first-order chi connectivity index (χ1) is 34.3. The molecule has 3 aliphatic carbocycles. The molecule has 0 bridgehead atoms. The third-order valence-electron chi connectivity index (χ3n) is 18.9. The van der Waals surface area contributed by atoms with Gasteiger partial charge in [-0.1, -0.05) is 166 Å². The van der Waals surface area contributed by atoms with Crippen LogP contribution in [0.3, 0.4) is 0 Å². The zero-order chi connectivity index (χ0) is 49.6. The number of rotatable bonds is 3. The maximum atomic E-state index is 6.92. The Morgan fingerprint density at radius 3 is 1.85 bits per heavy atom. The summed E-state index contributed by atoms with van der Waals surface area (Å²) in [5, 5.41) is 2.30. The largest absolute Gasteiger partial charge is 0.456 e. The van der Waals surface area contributed by atoms with Gasteiger partial charge in [-0.2, -0.15) is 0 Å². The number of aryl methyl sites for hydroxylation is 1. The topological polar surface area (TPSA) is 19.6 Å². The van der Waals surface area contributed by atoms with Crippen LogP contribution in [-0.2, 0) is 27.1 Å². The summed E-state index contributed by atoms with van der Waals surface area (Å²) < 4.78 is 6.92. The highest BCUT2D eigenvalue weighted by atomic mass is 16.3. The number of hydrogen-bond donors (Lipinski definition) is 0. The average Bonchev–Trinajstić information content (AvgIpc) is 3.84. The molecule has 0 atom stereocenters. The molecule has 4 heteroatoms. The fraction of sp³-hybridized carbons (Fsp3) is 0.294. The summed E-state index contributed by atoms with van der Waals surface area (Å²) in [7, 11) is 0. The Balaban J connectivity index is 1.17. The number of nitrogens with zero attached hydrogens (tertiary/aromatic N) is 2. The Bertz CT molecular complexity index is 3830. The van der Waals surface area contributed by atoms with Crippen molar-refractivity contribution < 1.29 is 4.42 Å². The summed E-state index contributed by atoms with van der Waals surface area (Å²) in [6.45, 7) is 26.8. The molecule has 0 radical (unpaired) electrons. The van der Waals surface area contributed by atoms with E-state index in [1.54, 1.807) is 0 Å². The molecule has 0 saturated carbocycles. The number of furan rings is 1. The van der Waals surface area contributed by atoms with Crippen molar-refractivity contribution in [2.24, 2.45) is 0 Å². The smallest absolute Gasteiger partial charge is 0.333 e. The Kier molecular flexibility index (Phi) is 8.83. The number of para-hydroxylation sites is 1. The number of fused-ring (bicyclic) bond motifs is 13. The SMILES string of the molecule is Cc1cc2c(cc1N1c3ccc(-c4ccccc4)cc3B3c4c1cc1c(c4-c4cc5oc6ccccc6c5cc4N3c3ccc4c(c3)C(C)(C)CCC4(C)C)C(C)(C)c3ccccc3-1)C(C)(C)CCC2(C)C. The monoisotopic (exact) mass is 937 g/mol. The van der Waals surface area contributed by atoms with Gasteiger partial charge < -0.3 is 14.1 Å².